The Kier molecular flexibility index (Phi) is 4.01. The van der Waals surface area contributed by atoms with Crippen LogP contribution >= 0.6 is 27.3 Å². The van der Waals surface area contributed by atoms with E-state index in [-0.39, 0.29) is 6.10 Å². The largest absolute Gasteiger partial charge is 0.377 e. The van der Waals surface area contributed by atoms with Gasteiger partial charge < -0.3 is 4.74 Å². The van der Waals surface area contributed by atoms with Crippen LogP contribution in [-0.2, 0) is 14.8 Å². The van der Waals surface area contributed by atoms with Crippen LogP contribution in [0.4, 0.5) is 0 Å². The van der Waals surface area contributed by atoms with Crippen molar-refractivity contribution in [1.29, 1.82) is 0 Å². The van der Waals surface area contributed by atoms with Gasteiger partial charge in [0.05, 0.1) is 6.10 Å². The molecule has 1 aliphatic rings. The van der Waals surface area contributed by atoms with Gasteiger partial charge in [0.2, 0.25) is 0 Å². The summed E-state index contributed by atoms with van der Waals surface area (Å²) in [7, 11) is -3.39. The molecule has 1 fully saturated rings. The van der Waals surface area contributed by atoms with Crippen LogP contribution in [0.3, 0.4) is 0 Å². The van der Waals surface area contributed by atoms with Crippen molar-refractivity contribution >= 4 is 37.3 Å². The molecule has 1 aromatic rings. The molecule has 1 atom stereocenters. The van der Waals surface area contributed by atoms with Crippen LogP contribution in [-0.4, -0.2) is 27.7 Å². The molecule has 0 saturated carbocycles. The maximum atomic E-state index is 11.9. The zero-order chi connectivity index (χ0) is 11.6. The summed E-state index contributed by atoms with van der Waals surface area (Å²) in [6.07, 6.45) is 1.96. The van der Waals surface area contributed by atoms with Crippen LogP contribution in [0.25, 0.3) is 0 Å². The molecule has 1 unspecified atom stereocenters. The van der Waals surface area contributed by atoms with Gasteiger partial charge in [0.25, 0.3) is 10.0 Å². The Morgan fingerprint density at radius 2 is 2.44 bits per heavy atom. The van der Waals surface area contributed by atoms with E-state index in [2.05, 4.69) is 20.7 Å². The Balaban J connectivity index is 2.00. The number of sulfonamides is 1. The molecule has 0 bridgehead atoms. The number of thiophene rings is 1. The second kappa shape index (κ2) is 5.14. The van der Waals surface area contributed by atoms with E-state index in [0.717, 1.165) is 19.4 Å². The third-order valence-corrected chi connectivity index (χ3v) is 6.45. The average molecular weight is 326 g/mol. The third-order valence-electron chi connectivity index (χ3n) is 2.35. The zero-order valence-electron chi connectivity index (χ0n) is 8.48. The third kappa shape index (κ3) is 2.84. The number of rotatable bonds is 4. The van der Waals surface area contributed by atoms with Gasteiger partial charge in [-0.1, -0.05) is 0 Å². The summed E-state index contributed by atoms with van der Waals surface area (Å²) in [6.45, 7) is 1.09. The van der Waals surface area contributed by atoms with Crippen LogP contribution in [0.2, 0.25) is 0 Å². The molecule has 1 saturated heterocycles. The predicted molar refractivity (Wildman–Crippen MR) is 66.2 cm³/mol. The molecule has 0 aliphatic carbocycles. The molecule has 0 aromatic carbocycles. The van der Waals surface area contributed by atoms with Crippen molar-refractivity contribution in [3.05, 3.63) is 15.9 Å². The topological polar surface area (TPSA) is 55.4 Å². The van der Waals surface area contributed by atoms with Gasteiger partial charge in [0.15, 0.2) is 0 Å². The number of hydrogen-bond donors (Lipinski definition) is 1. The Morgan fingerprint density at radius 3 is 3.00 bits per heavy atom. The van der Waals surface area contributed by atoms with E-state index in [1.807, 2.05) is 0 Å². The lowest BCUT2D eigenvalue weighted by atomic mass is 10.2. The monoisotopic (exact) mass is 325 g/mol. The lowest BCUT2D eigenvalue weighted by Crippen LogP contribution is -2.31. The smallest absolute Gasteiger partial charge is 0.251 e. The molecule has 16 heavy (non-hydrogen) atoms. The van der Waals surface area contributed by atoms with E-state index in [1.165, 1.54) is 11.3 Å². The van der Waals surface area contributed by atoms with Crippen molar-refractivity contribution in [3.63, 3.8) is 0 Å². The number of ether oxygens (including phenoxy) is 1. The summed E-state index contributed by atoms with van der Waals surface area (Å²) in [5.74, 6) is 0. The van der Waals surface area contributed by atoms with Gasteiger partial charge in [-0.05, 0) is 40.2 Å². The van der Waals surface area contributed by atoms with Crippen LogP contribution < -0.4 is 4.72 Å². The summed E-state index contributed by atoms with van der Waals surface area (Å²) >= 11 is 4.42. The summed E-state index contributed by atoms with van der Waals surface area (Å²) in [4.78, 5) is 0. The van der Waals surface area contributed by atoms with Gasteiger partial charge in [0.1, 0.15) is 4.21 Å². The fraction of sp³-hybridized carbons (Fsp3) is 0.556. The Labute approximate surface area is 107 Å². The summed E-state index contributed by atoms with van der Waals surface area (Å²) in [5, 5.41) is 1.74. The molecule has 4 nitrogen and oxygen atoms in total. The molecule has 90 valence electrons. The number of nitrogens with one attached hydrogen (secondary N) is 1. The van der Waals surface area contributed by atoms with Gasteiger partial charge in [-0.25, -0.2) is 13.1 Å². The molecule has 7 heteroatoms. The molecule has 1 aliphatic heterocycles. The van der Waals surface area contributed by atoms with E-state index in [4.69, 9.17) is 4.74 Å². The predicted octanol–water partition coefficient (Wildman–Crippen LogP) is 1.97. The van der Waals surface area contributed by atoms with Crippen molar-refractivity contribution in [3.8, 4) is 0 Å². The second-order valence-electron chi connectivity index (χ2n) is 3.54. The zero-order valence-corrected chi connectivity index (χ0v) is 11.7. The summed E-state index contributed by atoms with van der Waals surface area (Å²) < 4.78 is 32.6. The quantitative estimate of drug-likeness (QED) is 0.920. The van der Waals surface area contributed by atoms with E-state index < -0.39 is 10.0 Å². The number of hydrogen-bond acceptors (Lipinski definition) is 4. The van der Waals surface area contributed by atoms with Gasteiger partial charge >= 0.3 is 0 Å². The first-order chi connectivity index (χ1) is 7.59. The molecule has 1 N–H and O–H groups in total. The van der Waals surface area contributed by atoms with E-state index >= 15 is 0 Å². The van der Waals surface area contributed by atoms with Crippen molar-refractivity contribution in [1.82, 2.24) is 4.72 Å². The van der Waals surface area contributed by atoms with Crippen LogP contribution in [0.15, 0.2) is 20.1 Å². The molecule has 2 heterocycles. The van der Waals surface area contributed by atoms with Crippen molar-refractivity contribution in [2.45, 2.75) is 23.2 Å². The van der Waals surface area contributed by atoms with Gasteiger partial charge in [-0.15, -0.1) is 11.3 Å². The van der Waals surface area contributed by atoms with Crippen molar-refractivity contribution in [2.24, 2.45) is 0 Å². The molecule has 0 spiro atoms. The van der Waals surface area contributed by atoms with Crippen LogP contribution in [0.5, 0.6) is 0 Å². The van der Waals surface area contributed by atoms with Crippen LogP contribution in [0, 0.1) is 0 Å². The van der Waals surface area contributed by atoms with Crippen molar-refractivity contribution in [2.75, 3.05) is 13.2 Å². The minimum Gasteiger partial charge on any atom is -0.377 e. The molecule has 0 radical (unpaired) electrons. The Morgan fingerprint density at radius 1 is 1.62 bits per heavy atom. The Bertz CT molecular complexity index is 451. The fourth-order valence-electron chi connectivity index (χ4n) is 1.55. The first-order valence-electron chi connectivity index (χ1n) is 4.94. The summed E-state index contributed by atoms with van der Waals surface area (Å²) in [5.41, 5.74) is 0. The molecular formula is C9H12BrNO3S2. The fourth-order valence-corrected chi connectivity index (χ4v) is 4.99. The second-order valence-corrected chi connectivity index (χ2v) is 7.28. The van der Waals surface area contributed by atoms with Gasteiger partial charge in [-0.2, -0.15) is 0 Å². The maximum Gasteiger partial charge on any atom is 0.251 e. The van der Waals surface area contributed by atoms with Crippen LogP contribution in [0.1, 0.15) is 12.8 Å². The number of halogens is 1. The van der Waals surface area contributed by atoms with Crippen molar-refractivity contribution < 1.29 is 13.2 Å². The highest BCUT2D eigenvalue weighted by molar-refractivity contribution is 9.10. The van der Waals surface area contributed by atoms with E-state index in [0.29, 0.717) is 15.2 Å². The van der Waals surface area contributed by atoms with Gasteiger partial charge in [0, 0.05) is 17.6 Å². The summed E-state index contributed by atoms with van der Waals surface area (Å²) in [6, 6.07) is 1.73. The van der Waals surface area contributed by atoms with E-state index in [9.17, 15) is 8.42 Å². The molecular weight excluding hydrogens is 314 g/mol. The highest BCUT2D eigenvalue weighted by atomic mass is 79.9. The minimum absolute atomic E-state index is 0.0218. The molecule has 2 rings (SSSR count). The molecule has 1 aromatic heterocycles. The highest BCUT2D eigenvalue weighted by Crippen LogP contribution is 2.27. The average Bonchev–Trinajstić information content (AvgIpc) is 2.85. The van der Waals surface area contributed by atoms with Gasteiger partial charge in [-0.3, -0.25) is 0 Å². The standard InChI is InChI=1S/C9H12BrNO3S2/c10-8-3-5-15-9(8)16(12,13)11-6-7-2-1-4-14-7/h3,5,7,11H,1-2,4,6H2. The SMILES string of the molecule is O=S(=O)(NCC1CCCO1)c1sccc1Br. The Hall–Kier alpha value is 0.0500. The lowest BCUT2D eigenvalue weighted by Gasteiger charge is -2.10. The normalized spacial score (nSPS) is 21.4. The first kappa shape index (κ1) is 12.5. The minimum atomic E-state index is -3.39. The highest BCUT2D eigenvalue weighted by Gasteiger charge is 2.22. The van der Waals surface area contributed by atoms with E-state index in [1.54, 1.807) is 11.4 Å². The maximum absolute atomic E-state index is 11.9. The lowest BCUT2D eigenvalue weighted by molar-refractivity contribution is 0.114. The first-order valence-corrected chi connectivity index (χ1v) is 8.09. The molecule has 0 amide bonds.